The van der Waals surface area contributed by atoms with Crippen LogP contribution < -0.4 is 5.32 Å². The van der Waals surface area contributed by atoms with E-state index in [2.05, 4.69) is 60.3 Å². The van der Waals surface area contributed by atoms with Crippen molar-refractivity contribution in [1.29, 1.82) is 0 Å². The van der Waals surface area contributed by atoms with E-state index in [1.165, 1.54) is 40.4 Å². The van der Waals surface area contributed by atoms with Gasteiger partial charge in [0, 0.05) is 41.2 Å². The number of rotatable bonds is 3. The zero-order chi connectivity index (χ0) is 12.5. The van der Waals surface area contributed by atoms with Crippen molar-refractivity contribution < 1.29 is 0 Å². The molecule has 1 aromatic carbocycles. The van der Waals surface area contributed by atoms with Gasteiger partial charge in [0.2, 0.25) is 0 Å². The number of hydrogen-bond donors (Lipinski definition) is 1. The van der Waals surface area contributed by atoms with Crippen molar-refractivity contribution in [2.24, 2.45) is 5.92 Å². The van der Waals surface area contributed by atoms with E-state index < -0.39 is 0 Å². The van der Waals surface area contributed by atoms with Gasteiger partial charge in [0.1, 0.15) is 0 Å². The van der Waals surface area contributed by atoms with Crippen molar-refractivity contribution in [3.63, 3.8) is 0 Å². The standard InChI is InChI=1S/C14H18Br2N2.2ClH/c15-11-3-4-13(16)12(9-11)14(10-1-2-10)18-7-5-17-6-8-18;;/h3-4,9-10,14,17H,1-2,5-8H2;2*1H/t14-;;/m1../s1. The van der Waals surface area contributed by atoms with Crippen molar-refractivity contribution in [3.8, 4) is 0 Å². The molecule has 0 spiro atoms. The van der Waals surface area contributed by atoms with E-state index >= 15 is 0 Å². The van der Waals surface area contributed by atoms with Gasteiger partial charge in [-0.2, -0.15) is 0 Å². The van der Waals surface area contributed by atoms with Gasteiger partial charge in [-0.15, -0.1) is 24.8 Å². The van der Waals surface area contributed by atoms with Crippen LogP contribution in [0.2, 0.25) is 0 Å². The van der Waals surface area contributed by atoms with Crippen LogP contribution in [0.5, 0.6) is 0 Å². The first-order chi connectivity index (χ1) is 8.75. The summed E-state index contributed by atoms with van der Waals surface area (Å²) in [7, 11) is 0. The maximum atomic E-state index is 3.73. The Morgan fingerprint density at radius 3 is 2.35 bits per heavy atom. The van der Waals surface area contributed by atoms with Crippen LogP contribution in [0, 0.1) is 5.92 Å². The summed E-state index contributed by atoms with van der Waals surface area (Å²) < 4.78 is 2.43. The van der Waals surface area contributed by atoms with Crippen LogP contribution in [0.1, 0.15) is 24.4 Å². The van der Waals surface area contributed by atoms with E-state index in [4.69, 9.17) is 0 Å². The molecule has 6 heteroatoms. The Hall–Kier alpha value is 0.680. The van der Waals surface area contributed by atoms with Crippen LogP contribution in [0.25, 0.3) is 0 Å². The first kappa shape index (κ1) is 18.7. The van der Waals surface area contributed by atoms with Gasteiger partial charge in [0.25, 0.3) is 0 Å². The smallest absolute Gasteiger partial charge is 0.0388 e. The molecule has 0 radical (unpaired) electrons. The Labute approximate surface area is 150 Å². The van der Waals surface area contributed by atoms with Crippen LogP contribution in [0.15, 0.2) is 27.1 Å². The molecule has 20 heavy (non-hydrogen) atoms. The molecule has 1 atom stereocenters. The van der Waals surface area contributed by atoms with Crippen molar-refractivity contribution in [1.82, 2.24) is 10.2 Å². The number of nitrogens with zero attached hydrogens (tertiary/aromatic N) is 1. The number of hydrogen-bond acceptors (Lipinski definition) is 2. The average Bonchev–Trinajstić information content (AvgIpc) is 3.20. The van der Waals surface area contributed by atoms with Crippen molar-refractivity contribution in [3.05, 3.63) is 32.7 Å². The Bertz CT molecular complexity index is 435. The lowest BCUT2D eigenvalue weighted by atomic mass is 10.00. The molecule has 114 valence electrons. The molecule has 0 unspecified atom stereocenters. The molecule has 2 aliphatic rings. The minimum atomic E-state index is 0. The summed E-state index contributed by atoms with van der Waals surface area (Å²) in [6.07, 6.45) is 2.76. The van der Waals surface area contributed by atoms with Crippen LogP contribution in [0.3, 0.4) is 0 Å². The molecule has 0 bridgehead atoms. The lowest BCUT2D eigenvalue weighted by Gasteiger charge is -2.36. The SMILES string of the molecule is Brc1ccc(Br)c([C@@H](C2CC2)N2CCNCC2)c1.Cl.Cl. The van der Waals surface area contributed by atoms with Crippen LogP contribution >= 0.6 is 56.7 Å². The molecule has 2 nitrogen and oxygen atoms in total. The highest BCUT2D eigenvalue weighted by molar-refractivity contribution is 9.11. The summed E-state index contributed by atoms with van der Waals surface area (Å²) >= 11 is 7.34. The Kier molecular flexibility index (Phi) is 7.82. The van der Waals surface area contributed by atoms with Crippen LogP contribution in [-0.4, -0.2) is 31.1 Å². The largest absolute Gasteiger partial charge is 0.314 e. The average molecular weight is 447 g/mol. The molecule has 1 aliphatic carbocycles. The van der Waals surface area contributed by atoms with E-state index in [9.17, 15) is 0 Å². The fourth-order valence-corrected chi connectivity index (χ4v) is 3.72. The van der Waals surface area contributed by atoms with E-state index in [1.807, 2.05) is 0 Å². The summed E-state index contributed by atoms with van der Waals surface area (Å²) in [6, 6.07) is 7.15. The first-order valence-corrected chi connectivity index (χ1v) is 8.24. The molecular weight excluding hydrogens is 427 g/mol. The maximum absolute atomic E-state index is 3.73. The van der Waals surface area contributed by atoms with Crippen molar-refractivity contribution >= 4 is 56.7 Å². The van der Waals surface area contributed by atoms with Gasteiger partial charge in [-0.05, 0) is 42.5 Å². The molecule has 2 fully saturated rings. The second-order valence-electron chi connectivity index (χ2n) is 5.23. The predicted molar refractivity (Wildman–Crippen MR) is 96.2 cm³/mol. The van der Waals surface area contributed by atoms with Crippen LogP contribution in [0.4, 0.5) is 0 Å². The molecule has 1 N–H and O–H groups in total. The molecule has 0 amide bonds. The Morgan fingerprint density at radius 2 is 1.75 bits per heavy atom. The van der Waals surface area contributed by atoms with E-state index in [1.54, 1.807) is 0 Å². The number of piperazine rings is 1. The second-order valence-corrected chi connectivity index (χ2v) is 7.00. The third-order valence-electron chi connectivity index (χ3n) is 3.89. The fraction of sp³-hybridized carbons (Fsp3) is 0.571. The first-order valence-electron chi connectivity index (χ1n) is 6.65. The normalized spacial score (nSPS) is 20.7. The third kappa shape index (κ3) is 4.34. The van der Waals surface area contributed by atoms with Gasteiger partial charge in [-0.3, -0.25) is 4.90 Å². The predicted octanol–water partition coefficient (Wildman–Crippen LogP) is 4.41. The van der Waals surface area contributed by atoms with E-state index in [0.29, 0.717) is 6.04 Å². The van der Waals surface area contributed by atoms with Gasteiger partial charge >= 0.3 is 0 Å². The fourth-order valence-electron chi connectivity index (χ4n) is 2.86. The molecular formula is C14H20Br2Cl2N2. The molecule has 1 aromatic rings. The molecule has 1 saturated carbocycles. The minimum absolute atomic E-state index is 0. The maximum Gasteiger partial charge on any atom is 0.0388 e. The van der Waals surface area contributed by atoms with E-state index in [-0.39, 0.29) is 24.8 Å². The number of nitrogens with one attached hydrogen (secondary N) is 1. The van der Waals surface area contributed by atoms with E-state index in [0.717, 1.165) is 19.0 Å². The van der Waals surface area contributed by atoms with Crippen molar-refractivity contribution in [2.45, 2.75) is 18.9 Å². The molecule has 1 saturated heterocycles. The highest BCUT2D eigenvalue weighted by Crippen LogP contribution is 2.46. The lowest BCUT2D eigenvalue weighted by molar-refractivity contribution is 0.155. The highest BCUT2D eigenvalue weighted by Gasteiger charge is 2.37. The zero-order valence-corrected chi connectivity index (χ0v) is 16.0. The van der Waals surface area contributed by atoms with Gasteiger partial charge in [0.15, 0.2) is 0 Å². The van der Waals surface area contributed by atoms with Gasteiger partial charge in [-0.1, -0.05) is 31.9 Å². The van der Waals surface area contributed by atoms with Crippen LogP contribution in [-0.2, 0) is 0 Å². The monoisotopic (exact) mass is 444 g/mol. The summed E-state index contributed by atoms with van der Waals surface area (Å²) in [4.78, 5) is 2.65. The molecule has 0 aromatic heterocycles. The number of benzene rings is 1. The second kappa shape index (κ2) is 8.35. The summed E-state index contributed by atoms with van der Waals surface area (Å²) in [6.45, 7) is 4.57. The summed E-state index contributed by atoms with van der Waals surface area (Å²) in [5, 5.41) is 3.44. The van der Waals surface area contributed by atoms with Crippen molar-refractivity contribution in [2.75, 3.05) is 26.2 Å². The molecule has 1 heterocycles. The minimum Gasteiger partial charge on any atom is -0.314 e. The van der Waals surface area contributed by atoms with Gasteiger partial charge < -0.3 is 5.32 Å². The zero-order valence-electron chi connectivity index (χ0n) is 11.1. The lowest BCUT2D eigenvalue weighted by Crippen LogP contribution is -2.45. The quantitative estimate of drug-likeness (QED) is 0.739. The summed E-state index contributed by atoms with van der Waals surface area (Å²) in [5.41, 5.74) is 1.45. The Morgan fingerprint density at radius 1 is 1.10 bits per heavy atom. The highest BCUT2D eigenvalue weighted by atomic mass is 79.9. The van der Waals surface area contributed by atoms with Gasteiger partial charge in [-0.25, -0.2) is 0 Å². The number of halogens is 4. The summed E-state index contributed by atoms with van der Waals surface area (Å²) in [5.74, 6) is 0.855. The molecule has 1 aliphatic heterocycles. The molecule has 3 rings (SSSR count). The Balaban J connectivity index is 0.000001000. The topological polar surface area (TPSA) is 15.3 Å². The third-order valence-corrected chi connectivity index (χ3v) is 5.11. The van der Waals surface area contributed by atoms with Gasteiger partial charge in [0.05, 0.1) is 0 Å².